The van der Waals surface area contributed by atoms with Crippen molar-refractivity contribution in [2.24, 2.45) is 5.29 Å². The summed E-state index contributed by atoms with van der Waals surface area (Å²) in [4.78, 5) is 10.5. The van der Waals surface area contributed by atoms with E-state index in [0.717, 1.165) is 11.4 Å². The first-order chi connectivity index (χ1) is 6.69. The lowest BCUT2D eigenvalue weighted by Gasteiger charge is -2.19. The van der Waals surface area contributed by atoms with Crippen molar-refractivity contribution in [3.63, 3.8) is 0 Å². The van der Waals surface area contributed by atoms with Crippen LogP contribution in [0.1, 0.15) is 13.8 Å². The van der Waals surface area contributed by atoms with Crippen LogP contribution in [-0.2, 0) is 0 Å². The van der Waals surface area contributed by atoms with Crippen LogP contribution in [0.5, 0.6) is 5.75 Å². The lowest BCUT2D eigenvalue weighted by atomic mass is 10.2. The molecule has 0 fully saturated rings. The molecule has 1 rings (SSSR count). The van der Waals surface area contributed by atoms with Gasteiger partial charge < -0.3 is 4.74 Å². The second-order valence-corrected chi connectivity index (χ2v) is 3.22. The van der Waals surface area contributed by atoms with Crippen LogP contribution in [0.15, 0.2) is 29.6 Å². The summed E-state index contributed by atoms with van der Waals surface area (Å²) in [6.45, 7) is 3.82. The van der Waals surface area contributed by atoms with Crippen molar-refractivity contribution >= 4 is 5.69 Å². The molecule has 0 bridgehead atoms. The monoisotopic (exact) mass is 194 g/mol. The number of ether oxygens (including phenoxy) is 1. The Morgan fingerprint density at radius 3 is 2.21 bits per heavy atom. The summed E-state index contributed by atoms with van der Waals surface area (Å²) in [5.41, 5.74) is 0.774. The average Bonchev–Trinajstić information content (AvgIpc) is 2.19. The third kappa shape index (κ3) is 2.22. The minimum absolute atomic E-state index is 0.0564. The van der Waals surface area contributed by atoms with E-state index in [9.17, 15) is 4.91 Å². The van der Waals surface area contributed by atoms with E-state index in [1.807, 2.05) is 13.8 Å². The fraction of sp³-hybridized carbons (Fsp3) is 0.400. The van der Waals surface area contributed by atoms with Crippen LogP contribution in [0.3, 0.4) is 0 Å². The van der Waals surface area contributed by atoms with Gasteiger partial charge in [0.25, 0.3) is 0 Å². The van der Waals surface area contributed by atoms with Gasteiger partial charge in [0.05, 0.1) is 24.1 Å². The van der Waals surface area contributed by atoms with Gasteiger partial charge in [-0.15, -0.1) is 4.91 Å². The van der Waals surface area contributed by atoms with E-state index < -0.39 is 0 Å². The molecule has 0 amide bonds. The molecule has 0 radical (unpaired) electrons. The quantitative estimate of drug-likeness (QED) is 0.546. The first kappa shape index (κ1) is 10.5. The van der Waals surface area contributed by atoms with Crippen LogP contribution in [0.4, 0.5) is 5.69 Å². The number of nitrogens with zero attached hydrogens (tertiary/aromatic N) is 2. The summed E-state index contributed by atoms with van der Waals surface area (Å²) >= 11 is 0. The molecule has 14 heavy (non-hydrogen) atoms. The van der Waals surface area contributed by atoms with Gasteiger partial charge in [0.1, 0.15) is 5.75 Å². The van der Waals surface area contributed by atoms with Crippen LogP contribution in [0, 0.1) is 4.91 Å². The standard InChI is InChI=1S/C10H14N2O2/c1-8(2)12(11-13)9-4-6-10(14-3)7-5-9/h4-8H,1-3H3. The van der Waals surface area contributed by atoms with Crippen molar-refractivity contribution in [2.75, 3.05) is 12.1 Å². The minimum Gasteiger partial charge on any atom is -0.497 e. The van der Waals surface area contributed by atoms with Gasteiger partial charge in [-0.3, -0.25) is 0 Å². The van der Waals surface area contributed by atoms with Gasteiger partial charge in [-0.25, -0.2) is 5.01 Å². The summed E-state index contributed by atoms with van der Waals surface area (Å²) < 4.78 is 5.02. The molecule has 0 aliphatic carbocycles. The van der Waals surface area contributed by atoms with Crippen molar-refractivity contribution in [1.82, 2.24) is 0 Å². The molecule has 0 unspecified atom stereocenters. The summed E-state index contributed by atoms with van der Waals surface area (Å²) in [5, 5.41) is 4.37. The van der Waals surface area contributed by atoms with Crippen molar-refractivity contribution in [3.05, 3.63) is 29.2 Å². The topological polar surface area (TPSA) is 41.9 Å². The van der Waals surface area contributed by atoms with Crippen molar-refractivity contribution < 1.29 is 4.74 Å². The van der Waals surface area contributed by atoms with Crippen LogP contribution < -0.4 is 9.75 Å². The zero-order chi connectivity index (χ0) is 10.6. The maximum absolute atomic E-state index is 10.5. The molecule has 0 saturated carbocycles. The van der Waals surface area contributed by atoms with Gasteiger partial charge in [0.15, 0.2) is 0 Å². The number of nitroso groups, excluding NO2 is 1. The highest BCUT2D eigenvalue weighted by Crippen LogP contribution is 2.20. The van der Waals surface area contributed by atoms with Gasteiger partial charge in [-0.1, -0.05) is 0 Å². The van der Waals surface area contributed by atoms with Crippen molar-refractivity contribution in [3.8, 4) is 5.75 Å². The Morgan fingerprint density at radius 1 is 1.29 bits per heavy atom. The summed E-state index contributed by atoms with van der Waals surface area (Å²) in [6, 6.07) is 7.27. The number of methoxy groups -OCH3 is 1. The molecular weight excluding hydrogens is 180 g/mol. The van der Waals surface area contributed by atoms with E-state index in [1.54, 1.807) is 31.4 Å². The highest BCUT2D eigenvalue weighted by Gasteiger charge is 2.09. The number of hydrogen-bond donors (Lipinski definition) is 0. The Morgan fingerprint density at radius 2 is 1.86 bits per heavy atom. The Balaban J connectivity index is 2.89. The lowest BCUT2D eigenvalue weighted by molar-refractivity contribution is 0.415. The second-order valence-electron chi connectivity index (χ2n) is 3.22. The third-order valence-corrected chi connectivity index (χ3v) is 1.91. The van der Waals surface area contributed by atoms with E-state index in [1.165, 1.54) is 5.01 Å². The van der Waals surface area contributed by atoms with Crippen LogP contribution >= 0.6 is 0 Å². The van der Waals surface area contributed by atoms with Gasteiger partial charge in [-0.2, -0.15) is 0 Å². The Labute approximate surface area is 83.4 Å². The maximum atomic E-state index is 10.5. The predicted octanol–water partition coefficient (Wildman–Crippen LogP) is 2.59. The van der Waals surface area contributed by atoms with Crippen LogP contribution in [0.2, 0.25) is 0 Å². The Hall–Kier alpha value is -1.58. The van der Waals surface area contributed by atoms with E-state index in [-0.39, 0.29) is 6.04 Å². The van der Waals surface area contributed by atoms with Crippen molar-refractivity contribution in [2.45, 2.75) is 19.9 Å². The molecule has 0 aromatic heterocycles. The molecule has 0 aliphatic heterocycles. The number of benzene rings is 1. The van der Waals surface area contributed by atoms with Gasteiger partial charge in [-0.05, 0) is 38.1 Å². The molecule has 1 aromatic rings. The average molecular weight is 194 g/mol. The Bertz CT molecular complexity index is 295. The van der Waals surface area contributed by atoms with E-state index in [4.69, 9.17) is 4.74 Å². The van der Waals surface area contributed by atoms with Crippen LogP contribution in [0.25, 0.3) is 0 Å². The highest BCUT2D eigenvalue weighted by atomic mass is 16.5. The smallest absolute Gasteiger partial charge is 0.119 e. The lowest BCUT2D eigenvalue weighted by Crippen LogP contribution is -2.23. The number of hydrogen-bond acceptors (Lipinski definition) is 3. The molecule has 4 nitrogen and oxygen atoms in total. The fourth-order valence-corrected chi connectivity index (χ4v) is 1.17. The largest absolute Gasteiger partial charge is 0.497 e. The number of anilines is 1. The molecule has 0 heterocycles. The zero-order valence-corrected chi connectivity index (χ0v) is 8.60. The molecule has 0 aliphatic rings. The van der Waals surface area contributed by atoms with Crippen molar-refractivity contribution in [1.29, 1.82) is 0 Å². The minimum atomic E-state index is 0.0564. The van der Waals surface area contributed by atoms with E-state index >= 15 is 0 Å². The normalized spacial score (nSPS) is 10.0. The molecule has 76 valence electrons. The zero-order valence-electron chi connectivity index (χ0n) is 8.60. The molecule has 1 aromatic carbocycles. The molecule has 0 spiro atoms. The summed E-state index contributed by atoms with van der Waals surface area (Å²) in [6.07, 6.45) is 0. The highest BCUT2D eigenvalue weighted by molar-refractivity contribution is 5.48. The van der Waals surface area contributed by atoms with Gasteiger partial charge >= 0.3 is 0 Å². The number of rotatable bonds is 4. The third-order valence-electron chi connectivity index (χ3n) is 1.91. The SMILES string of the molecule is COc1ccc(N(N=O)C(C)C)cc1. The fourth-order valence-electron chi connectivity index (χ4n) is 1.17. The van der Waals surface area contributed by atoms with Crippen LogP contribution in [-0.4, -0.2) is 13.2 Å². The first-order valence-electron chi connectivity index (χ1n) is 4.45. The molecule has 4 heteroatoms. The summed E-state index contributed by atoms with van der Waals surface area (Å²) in [7, 11) is 1.60. The van der Waals surface area contributed by atoms with E-state index in [2.05, 4.69) is 5.29 Å². The molecule has 0 N–H and O–H groups in total. The molecule has 0 saturated heterocycles. The maximum Gasteiger partial charge on any atom is 0.119 e. The Kier molecular flexibility index (Phi) is 3.45. The van der Waals surface area contributed by atoms with Gasteiger partial charge in [0, 0.05) is 0 Å². The van der Waals surface area contributed by atoms with E-state index in [0.29, 0.717) is 0 Å². The summed E-state index contributed by atoms with van der Waals surface area (Å²) in [5.74, 6) is 0.767. The predicted molar refractivity (Wildman–Crippen MR) is 56.4 cm³/mol. The first-order valence-corrected chi connectivity index (χ1v) is 4.45. The second kappa shape index (κ2) is 4.60. The van der Waals surface area contributed by atoms with Gasteiger partial charge in [0.2, 0.25) is 0 Å². The molecular formula is C10H14N2O2. The molecule has 0 atom stereocenters.